The zero-order valence-corrected chi connectivity index (χ0v) is 8.01. The quantitative estimate of drug-likeness (QED) is 0.604. The van der Waals surface area contributed by atoms with Crippen LogP contribution in [-0.2, 0) is 0 Å². The average molecular weight is 212 g/mol. The molecule has 0 saturated heterocycles. The Labute approximate surface area is 74.0 Å². The molecule has 11 heavy (non-hydrogen) atoms. The number of hydrogen-bond donors (Lipinski definition) is 0. The smallest absolute Gasteiger partial charge is 0.0502 e. The molecule has 0 aliphatic rings. The monoisotopic (exact) mass is 211 g/mol. The highest BCUT2D eigenvalue weighted by atomic mass is 79.9. The summed E-state index contributed by atoms with van der Waals surface area (Å²) in [5.74, 6) is 0. The number of benzene rings is 1. The summed E-state index contributed by atoms with van der Waals surface area (Å²) >= 11 is 3.42. The van der Waals surface area contributed by atoms with Gasteiger partial charge in [-0.15, -0.1) is 0 Å². The van der Waals surface area contributed by atoms with E-state index >= 15 is 0 Å². The molecule has 0 aliphatic heterocycles. The van der Waals surface area contributed by atoms with Crippen molar-refractivity contribution in [2.75, 3.05) is 0 Å². The van der Waals surface area contributed by atoms with Crippen molar-refractivity contribution in [3.63, 3.8) is 0 Å². The van der Waals surface area contributed by atoms with Crippen molar-refractivity contribution >= 4 is 21.6 Å². The molecular formula is C8H8BrN2+. The maximum absolute atomic E-state index is 8.49. The molecule has 3 heteroatoms. The lowest BCUT2D eigenvalue weighted by molar-refractivity contribution is 1.34. The number of aryl methyl sites for hydroxylation is 2. The van der Waals surface area contributed by atoms with Gasteiger partial charge < -0.3 is 0 Å². The fraction of sp³-hybridized carbons (Fsp3) is 0.250. The lowest BCUT2D eigenvalue weighted by Crippen LogP contribution is -1.79. The molecule has 0 fully saturated rings. The first-order valence-corrected chi connectivity index (χ1v) is 4.06. The van der Waals surface area contributed by atoms with Crippen LogP contribution in [0.4, 0.5) is 5.69 Å². The van der Waals surface area contributed by atoms with Gasteiger partial charge in [-0.3, -0.25) is 0 Å². The Morgan fingerprint density at radius 1 is 1.27 bits per heavy atom. The normalized spacial score (nSPS) is 9.27. The molecule has 0 unspecified atom stereocenters. The van der Waals surface area contributed by atoms with E-state index in [1.165, 1.54) is 0 Å². The van der Waals surface area contributed by atoms with Gasteiger partial charge in [0, 0.05) is 16.6 Å². The number of hydrogen-bond acceptors (Lipinski definition) is 1. The van der Waals surface area contributed by atoms with Gasteiger partial charge in [0.15, 0.2) is 4.98 Å². The largest absolute Gasteiger partial charge is 0.385 e. The van der Waals surface area contributed by atoms with E-state index in [4.69, 9.17) is 5.39 Å². The van der Waals surface area contributed by atoms with Crippen LogP contribution >= 0.6 is 15.9 Å². The van der Waals surface area contributed by atoms with E-state index in [9.17, 15) is 0 Å². The van der Waals surface area contributed by atoms with E-state index in [1.807, 2.05) is 26.0 Å². The highest BCUT2D eigenvalue weighted by Gasteiger charge is 2.08. The lowest BCUT2D eigenvalue weighted by atomic mass is 10.1. The van der Waals surface area contributed by atoms with Gasteiger partial charge in [0.2, 0.25) is 5.39 Å². The van der Waals surface area contributed by atoms with Gasteiger partial charge in [-0.25, -0.2) is 0 Å². The molecule has 56 valence electrons. The topological polar surface area (TPSA) is 28.1 Å². The lowest BCUT2D eigenvalue weighted by Gasteiger charge is -1.97. The molecule has 0 saturated carbocycles. The summed E-state index contributed by atoms with van der Waals surface area (Å²) in [6, 6.07) is 3.63. The van der Waals surface area contributed by atoms with Gasteiger partial charge in [-0.1, -0.05) is 15.9 Å². The van der Waals surface area contributed by atoms with E-state index in [2.05, 4.69) is 20.9 Å². The Hall–Kier alpha value is -0.880. The molecule has 0 N–H and O–H groups in total. The van der Waals surface area contributed by atoms with Crippen molar-refractivity contribution in [3.8, 4) is 0 Å². The zero-order chi connectivity index (χ0) is 8.43. The van der Waals surface area contributed by atoms with E-state index < -0.39 is 0 Å². The van der Waals surface area contributed by atoms with E-state index in [0.717, 1.165) is 15.6 Å². The molecule has 2 nitrogen and oxygen atoms in total. The summed E-state index contributed by atoms with van der Waals surface area (Å²) in [7, 11) is 0. The minimum absolute atomic E-state index is 0.600. The first-order valence-electron chi connectivity index (χ1n) is 3.27. The number of diazo groups is 1. The SMILES string of the molecule is Cc1cc([N+]#N)cc(C)c1Br. The molecule has 1 rings (SSSR count). The number of halogens is 1. The summed E-state index contributed by atoms with van der Waals surface area (Å²) in [6.07, 6.45) is 0. The zero-order valence-electron chi connectivity index (χ0n) is 6.43. The summed E-state index contributed by atoms with van der Waals surface area (Å²) in [4.78, 5) is 3.11. The molecule has 0 spiro atoms. The highest BCUT2D eigenvalue weighted by molar-refractivity contribution is 9.10. The van der Waals surface area contributed by atoms with Crippen LogP contribution < -0.4 is 0 Å². The molecule has 0 heterocycles. The van der Waals surface area contributed by atoms with Crippen molar-refractivity contribution < 1.29 is 0 Å². The van der Waals surface area contributed by atoms with Crippen LogP contribution in [-0.4, -0.2) is 0 Å². The summed E-state index contributed by atoms with van der Waals surface area (Å²) in [5.41, 5.74) is 2.76. The van der Waals surface area contributed by atoms with Crippen LogP contribution in [0.5, 0.6) is 0 Å². The molecule has 0 amide bonds. The van der Waals surface area contributed by atoms with E-state index in [0.29, 0.717) is 5.69 Å². The third kappa shape index (κ3) is 1.58. The van der Waals surface area contributed by atoms with Crippen molar-refractivity contribution in [1.29, 1.82) is 5.39 Å². The van der Waals surface area contributed by atoms with Gasteiger partial charge in [0.05, 0.1) is 0 Å². The van der Waals surface area contributed by atoms with Gasteiger partial charge in [-0.05, 0) is 25.0 Å². The number of rotatable bonds is 0. The average Bonchev–Trinajstić information content (AvgIpc) is 1.99. The highest BCUT2D eigenvalue weighted by Crippen LogP contribution is 2.26. The summed E-state index contributed by atoms with van der Waals surface area (Å²) < 4.78 is 1.07. The first-order chi connectivity index (χ1) is 5.15. The van der Waals surface area contributed by atoms with Crippen LogP contribution in [0.1, 0.15) is 11.1 Å². The molecule has 1 aromatic carbocycles. The Morgan fingerprint density at radius 3 is 2.09 bits per heavy atom. The first kappa shape index (κ1) is 8.22. The van der Waals surface area contributed by atoms with Crippen LogP contribution in [0.3, 0.4) is 0 Å². The second-order valence-corrected chi connectivity index (χ2v) is 3.29. The van der Waals surface area contributed by atoms with Gasteiger partial charge >= 0.3 is 5.69 Å². The predicted molar refractivity (Wildman–Crippen MR) is 48.4 cm³/mol. The minimum Gasteiger partial charge on any atom is -0.0502 e. The standard InChI is InChI=1S/C8H8BrN2/c1-5-3-7(11-10)4-6(2)8(5)9/h3-4H,1-2H3/q+1. The summed E-state index contributed by atoms with van der Waals surface area (Å²) in [5, 5.41) is 8.49. The van der Waals surface area contributed by atoms with Crippen LogP contribution in [0.15, 0.2) is 16.6 Å². The molecule has 0 bridgehead atoms. The second-order valence-electron chi connectivity index (χ2n) is 2.49. The van der Waals surface area contributed by atoms with Crippen molar-refractivity contribution in [2.24, 2.45) is 0 Å². The predicted octanol–water partition coefficient (Wildman–Crippen LogP) is 3.55. The van der Waals surface area contributed by atoms with Gasteiger partial charge in [0.1, 0.15) is 0 Å². The van der Waals surface area contributed by atoms with Crippen LogP contribution in [0, 0.1) is 19.2 Å². The third-order valence-corrected chi connectivity index (χ3v) is 2.79. The third-order valence-electron chi connectivity index (χ3n) is 1.54. The van der Waals surface area contributed by atoms with Gasteiger partial charge in [0.25, 0.3) is 0 Å². The fourth-order valence-corrected chi connectivity index (χ4v) is 1.21. The van der Waals surface area contributed by atoms with E-state index in [1.54, 1.807) is 0 Å². The molecule has 0 radical (unpaired) electrons. The Balaban J connectivity index is 3.35. The van der Waals surface area contributed by atoms with Crippen molar-refractivity contribution in [3.05, 3.63) is 32.7 Å². The van der Waals surface area contributed by atoms with Crippen LogP contribution in [0.2, 0.25) is 0 Å². The molecule has 0 atom stereocenters. The molecule has 1 aromatic rings. The Bertz CT molecular complexity index is 302. The Kier molecular flexibility index (Phi) is 2.25. The second kappa shape index (κ2) is 3.02. The fourth-order valence-electron chi connectivity index (χ4n) is 0.981. The Morgan fingerprint density at radius 2 is 1.73 bits per heavy atom. The summed E-state index contributed by atoms with van der Waals surface area (Å²) in [6.45, 7) is 3.93. The van der Waals surface area contributed by atoms with Crippen molar-refractivity contribution in [2.45, 2.75) is 13.8 Å². The van der Waals surface area contributed by atoms with Crippen LogP contribution in [0.25, 0.3) is 4.98 Å². The van der Waals surface area contributed by atoms with E-state index in [-0.39, 0.29) is 0 Å². The maximum atomic E-state index is 8.49. The molecule has 0 aliphatic carbocycles. The van der Waals surface area contributed by atoms with Crippen molar-refractivity contribution in [1.82, 2.24) is 0 Å². The maximum Gasteiger partial charge on any atom is 0.385 e. The van der Waals surface area contributed by atoms with Gasteiger partial charge in [-0.2, -0.15) is 0 Å². The minimum atomic E-state index is 0.600. The molecule has 0 aromatic heterocycles. The molecular weight excluding hydrogens is 204 g/mol. The number of nitrogens with zero attached hydrogens (tertiary/aromatic N) is 2.